The molecule has 0 spiro atoms. The lowest BCUT2D eigenvalue weighted by atomic mass is 10.3. The van der Waals surface area contributed by atoms with Crippen molar-refractivity contribution in [1.82, 2.24) is 4.98 Å². The SMILES string of the molecule is Cc1cnc(Cl)cc1Sc1ccccc1F. The Morgan fingerprint density at radius 1 is 1.25 bits per heavy atom. The van der Waals surface area contributed by atoms with Crippen molar-refractivity contribution in [2.75, 3.05) is 0 Å². The summed E-state index contributed by atoms with van der Waals surface area (Å²) in [5.41, 5.74) is 0.984. The summed E-state index contributed by atoms with van der Waals surface area (Å²) in [6, 6.07) is 8.41. The van der Waals surface area contributed by atoms with E-state index in [1.807, 2.05) is 13.0 Å². The molecule has 82 valence electrons. The van der Waals surface area contributed by atoms with Crippen molar-refractivity contribution < 1.29 is 4.39 Å². The van der Waals surface area contributed by atoms with Gasteiger partial charge in [0.25, 0.3) is 0 Å². The van der Waals surface area contributed by atoms with Crippen LogP contribution >= 0.6 is 23.4 Å². The topological polar surface area (TPSA) is 12.9 Å². The average Bonchev–Trinajstić information content (AvgIpc) is 2.27. The van der Waals surface area contributed by atoms with Crippen LogP contribution in [0.4, 0.5) is 4.39 Å². The number of nitrogens with zero attached hydrogens (tertiary/aromatic N) is 1. The minimum absolute atomic E-state index is 0.222. The summed E-state index contributed by atoms with van der Waals surface area (Å²) in [6.07, 6.45) is 1.69. The molecule has 2 aromatic rings. The molecule has 1 heterocycles. The van der Waals surface area contributed by atoms with E-state index in [2.05, 4.69) is 4.98 Å². The molecule has 0 radical (unpaired) electrons. The van der Waals surface area contributed by atoms with Gasteiger partial charge in [-0.15, -0.1) is 0 Å². The standard InChI is InChI=1S/C12H9ClFNS/c1-8-7-15-12(13)6-11(8)16-10-5-3-2-4-9(10)14/h2-7H,1H3. The zero-order chi connectivity index (χ0) is 11.5. The second-order valence-corrected chi connectivity index (χ2v) is 4.78. The van der Waals surface area contributed by atoms with Crippen LogP contribution in [0, 0.1) is 12.7 Å². The molecule has 0 aliphatic rings. The van der Waals surface area contributed by atoms with Crippen molar-refractivity contribution in [2.45, 2.75) is 16.7 Å². The number of aromatic nitrogens is 1. The molecule has 0 saturated carbocycles. The van der Waals surface area contributed by atoms with Gasteiger partial charge in [0.15, 0.2) is 0 Å². The zero-order valence-corrected chi connectivity index (χ0v) is 10.1. The lowest BCUT2D eigenvalue weighted by molar-refractivity contribution is 0.602. The highest BCUT2D eigenvalue weighted by molar-refractivity contribution is 7.99. The number of halogens is 2. The highest BCUT2D eigenvalue weighted by Crippen LogP contribution is 2.32. The van der Waals surface area contributed by atoms with E-state index >= 15 is 0 Å². The summed E-state index contributed by atoms with van der Waals surface area (Å²) in [6.45, 7) is 1.92. The maximum Gasteiger partial charge on any atom is 0.137 e. The van der Waals surface area contributed by atoms with Crippen molar-refractivity contribution in [3.05, 3.63) is 53.1 Å². The van der Waals surface area contributed by atoms with Crippen LogP contribution in [0.2, 0.25) is 5.15 Å². The molecule has 0 saturated heterocycles. The van der Waals surface area contributed by atoms with E-state index < -0.39 is 0 Å². The third-order valence-corrected chi connectivity index (χ3v) is 3.49. The minimum Gasteiger partial charge on any atom is -0.244 e. The van der Waals surface area contributed by atoms with Gasteiger partial charge in [-0.3, -0.25) is 0 Å². The van der Waals surface area contributed by atoms with E-state index in [-0.39, 0.29) is 5.82 Å². The summed E-state index contributed by atoms with van der Waals surface area (Å²) < 4.78 is 13.4. The molecule has 2 rings (SSSR count). The fraction of sp³-hybridized carbons (Fsp3) is 0.0833. The number of aryl methyl sites for hydroxylation is 1. The van der Waals surface area contributed by atoms with Gasteiger partial charge in [0.1, 0.15) is 11.0 Å². The van der Waals surface area contributed by atoms with Crippen molar-refractivity contribution in [3.63, 3.8) is 0 Å². The van der Waals surface area contributed by atoms with E-state index in [1.54, 1.807) is 24.4 Å². The van der Waals surface area contributed by atoms with Gasteiger partial charge in [-0.1, -0.05) is 35.5 Å². The van der Waals surface area contributed by atoms with Crippen LogP contribution in [-0.2, 0) is 0 Å². The number of hydrogen-bond acceptors (Lipinski definition) is 2. The summed E-state index contributed by atoms with van der Waals surface area (Å²) >= 11 is 7.16. The van der Waals surface area contributed by atoms with Crippen LogP contribution in [0.5, 0.6) is 0 Å². The number of benzene rings is 1. The molecule has 0 bridgehead atoms. The molecule has 0 amide bonds. The first-order valence-corrected chi connectivity index (χ1v) is 5.91. The fourth-order valence-corrected chi connectivity index (χ4v) is 2.39. The third kappa shape index (κ3) is 2.54. The van der Waals surface area contributed by atoms with Crippen molar-refractivity contribution in [1.29, 1.82) is 0 Å². The van der Waals surface area contributed by atoms with Crippen molar-refractivity contribution in [3.8, 4) is 0 Å². The maximum absolute atomic E-state index is 13.4. The number of pyridine rings is 1. The Balaban J connectivity index is 2.34. The molecule has 0 N–H and O–H groups in total. The first kappa shape index (κ1) is 11.4. The Morgan fingerprint density at radius 3 is 2.75 bits per heavy atom. The molecule has 0 fully saturated rings. The zero-order valence-electron chi connectivity index (χ0n) is 8.58. The van der Waals surface area contributed by atoms with Gasteiger partial charge in [0.05, 0.1) is 0 Å². The fourth-order valence-electron chi connectivity index (χ4n) is 1.24. The molecule has 4 heteroatoms. The Hall–Kier alpha value is -1.06. The smallest absolute Gasteiger partial charge is 0.137 e. The Bertz CT molecular complexity index is 516. The second-order valence-electron chi connectivity index (χ2n) is 3.31. The van der Waals surface area contributed by atoms with Gasteiger partial charge in [0, 0.05) is 16.0 Å². The normalized spacial score (nSPS) is 10.4. The molecule has 0 aliphatic heterocycles. The van der Waals surface area contributed by atoms with Crippen molar-refractivity contribution >= 4 is 23.4 Å². The minimum atomic E-state index is -0.222. The summed E-state index contributed by atoms with van der Waals surface area (Å²) in [5.74, 6) is -0.222. The molecule has 1 aromatic carbocycles. The van der Waals surface area contributed by atoms with E-state index in [1.165, 1.54) is 17.8 Å². The Labute approximate surface area is 103 Å². The van der Waals surface area contributed by atoms with Gasteiger partial charge in [-0.2, -0.15) is 0 Å². The molecule has 0 aliphatic carbocycles. The number of hydrogen-bond donors (Lipinski definition) is 0. The summed E-state index contributed by atoms with van der Waals surface area (Å²) in [4.78, 5) is 5.47. The van der Waals surface area contributed by atoms with Gasteiger partial charge in [0.2, 0.25) is 0 Å². The summed E-state index contributed by atoms with van der Waals surface area (Å²) in [5, 5.41) is 0.421. The van der Waals surface area contributed by atoms with E-state index in [0.29, 0.717) is 10.0 Å². The van der Waals surface area contributed by atoms with Gasteiger partial charge >= 0.3 is 0 Å². The molecule has 1 nitrogen and oxygen atoms in total. The quantitative estimate of drug-likeness (QED) is 0.739. The Kier molecular flexibility index (Phi) is 3.46. The predicted octanol–water partition coefficient (Wildman–Crippen LogP) is 4.33. The molecule has 1 aromatic heterocycles. The van der Waals surface area contributed by atoms with Crippen LogP contribution < -0.4 is 0 Å². The Morgan fingerprint density at radius 2 is 2.00 bits per heavy atom. The molecule has 16 heavy (non-hydrogen) atoms. The summed E-state index contributed by atoms with van der Waals surface area (Å²) in [7, 11) is 0. The number of rotatable bonds is 2. The molecular formula is C12H9ClFNS. The van der Waals surface area contributed by atoms with Crippen LogP contribution in [0.1, 0.15) is 5.56 Å². The van der Waals surface area contributed by atoms with E-state index in [4.69, 9.17) is 11.6 Å². The predicted molar refractivity (Wildman–Crippen MR) is 64.5 cm³/mol. The van der Waals surface area contributed by atoms with Crippen LogP contribution in [-0.4, -0.2) is 4.98 Å². The van der Waals surface area contributed by atoms with Crippen molar-refractivity contribution in [2.24, 2.45) is 0 Å². The first-order chi connectivity index (χ1) is 7.66. The van der Waals surface area contributed by atoms with Gasteiger partial charge < -0.3 is 0 Å². The van der Waals surface area contributed by atoms with Crippen LogP contribution in [0.3, 0.4) is 0 Å². The van der Waals surface area contributed by atoms with E-state index in [0.717, 1.165) is 10.5 Å². The van der Waals surface area contributed by atoms with E-state index in [9.17, 15) is 4.39 Å². The maximum atomic E-state index is 13.4. The first-order valence-electron chi connectivity index (χ1n) is 4.71. The third-order valence-electron chi connectivity index (χ3n) is 2.08. The second kappa shape index (κ2) is 4.85. The molecule has 0 unspecified atom stereocenters. The van der Waals surface area contributed by atoms with Gasteiger partial charge in [-0.25, -0.2) is 9.37 Å². The van der Waals surface area contributed by atoms with Gasteiger partial charge in [-0.05, 0) is 30.7 Å². The highest BCUT2D eigenvalue weighted by Gasteiger charge is 2.06. The van der Waals surface area contributed by atoms with Crippen LogP contribution in [0.15, 0.2) is 46.3 Å². The largest absolute Gasteiger partial charge is 0.244 e. The average molecular weight is 254 g/mol. The van der Waals surface area contributed by atoms with Crippen LogP contribution in [0.25, 0.3) is 0 Å². The lowest BCUT2D eigenvalue weighted by Crippen LogP contribution is -1.85. The molecular weight excluding hydrogens is 245 g/mol. The highest BCUT2D eigenvalue weighted by atomic mass is 35.5. The monoisotopic (exact) mass is 253 g/mol. The lowest BCUT2D eigenvalue weighted by Gasteiger charge is -2.06. The molecule has 0 atom stereocenters.